The van der Waals surface area contributed by atoms with Crippen LogP contribution >= 0.6 is 0 Å². The number of carbonyl (C=O) groups excluding carboxylic acids is 1. The number of nitrogens with one attached hydrogen (secondary N) is 1. The molecule has 1 N–H and O–H groups in total. The first kappa shape index (κ1) is 18.5. The van der Waals surface area contributed by atoms with Gasteiger partial charge >= 0.3 is 0 Å². The highest BCUT2D eigenvalue weighted by atomic mass is 16.7. The number of hydrogen-bond donors (Lipinski definition) is 1. The molecule has 1 unspecified atom stereocenters. The Morgan fingerprint density at radius 3 is 3.03 bits per heavy atom. The van der Waals surface area contributed by atoms with Gasteiger partial charge in [-0.05, 0) is 49.4 Å². The van der Waals surface area contributed by atoms with E-state index in [-0.39, 0.29) is 11.3 Å². The normalized spacial score (nSPS) is 23.9. The second kappa shape index (κ2) is 7.06. The van der Waals surface area contributed by atoms with Crippen LogP contribution in [0.25, 0.3) is 0 Å². The minimum absolute atomic E-state index is 0.0365. The number of piperidine rings is 1. The number of aromatic amines is 1. The summed E-state index contributed by atoms with van der Waals surface area (Å²) in [6, 6.07) is 6.17. The highest BCUT2D eigenvalue weighted by Gasteiger charge is 2.36. The van der Waals surface area contributed by atoms with Gasteiger partial charge in [0.2, 0.25) is 6.79 Å². The first-order valence-electron chi connectivity index (χ1n) is 10.4. The summed E-state index contributed by atoms with van der Waals surface area (Å²) in [7, 11) is 2.09. The number of likely N-dealkylation sites (N-methyl/N-ethyl adjacent to an activating group) is 1. The van der Waals surface area contributed by atoms with Crippen molar-refractivity contribution in [3.63, 3.8) is 0 Å². The number of benzene rings is 1. The average molecular weight is 396 g/mol. The zero-order valence-electron chi connectivity index (χ0n) is 17.2. The summed E-state index contributed by atoms with van der Waals surface area (Å²) in [5, 5.41) is 7.51. The molecule has 1 atom stereocenters. The Labute approximate surface area is 171 Å². The lowest BCUT2D eigenvalue weighted by Gasteiger charge is -2.40. The van der Waals surface area contributed by atoms with Gasteiger partial charge in [-0.2, -0.15) is 5.10 Å². The first-order chi connectivity index (χ1) is 14.0. The number of carbonyl (C=O) groups is 1. The lowest BCUT2D eigenvalue weighted by atomic mass is 9.76. The van der Waals surface area contributed by atoms with Crippen molar-refractivity contribution >= 4 is 5.91 Å². The summed E-state index contributed by atoms with van der Waals surface area (Å²) in [6.45, 7) is 5.91. The van der Waals surface area contributed by atoms with Gasteiger partial charge in [-0.25, -0.2) is 0 Å². The molecule has 5 rings (SSSR count). The van der Waals surface area contributed by atoms with E-state index in [9.17, 15) is 4.79 Å². The molecule has 1 aromatic carbocycles. The van der Waals surface area contributed by atoms with Crippen LogP contribution < -0.4 is 9.47 Å². The molecule has 1 fully saturated rings. The van der Waals surface area contributed by atoms with E-state index in [1.807, 2.05) is 11.0 Å². The number of amides is 1. The van der Waals surface area contributed by atoms with Crippen LogP contribution in [0.15, 0.2) is 18.2 Å². The van der Waals surface area contributed by atoms with Crippen LogP contribution in [0.3, 0.4) is 0 Å². The molecule has 3 aliphatic heterocycles. The molecule has 0 aliphatic carbocycles. The number of likely N-dealkylation sites (tertiary alicyclic amines) is 1. The summed E-state index contributed by atoms with van der Waals surface area (Å²) in [5.74, 6) is 1.70. The summed E-state index contributed by atoms with van der Waals surface area (Å²) in [5.41, 5.74) is 4.07. The number of nitrogens with zero attached hydrogens (tertiary/aromatic N) is 3. The van der Waals surface area contributed by atoms with E-state index in [2.05, 4.69) is 41.2 Å². The predicted octanol–water partition coefficient (Wildman–Crippen LogP) is 2.61. The summed E-state index contributed by atoms with van der Waals surface area (Å²) >= 11 is 0. The molecule has 4 heterocycles. The van der Waals surface area contributed by atoms with Gasteiger partial charge in [0.15, 0.2) is 17.2 Å². The van der Waals surface area contributed by atoms with E-state index < -0.39 is 0 Å². The molecule has 154 valence electrons. The van der Waals surface area contributed by atoms with E-state index in [4.69, 9.17) is 9.47 Å². The Hall–Kier alpha value is -2.54. The maximum Gasteiger partial charge on any atom is 0.274 e. The van der Waals surface area contributed by atoms with Crippen molar-refractivity contribution in [1.82, 2.24) is 20.0 Å². The number of fused-ring (bicyclic) bond motifs is 2. The van der Waals surface area contributed by atoms with Crippen molar-refractivity contribution in [3.05, 3.63) is 40.7 Å². The van der Waals surface area contributed by atoms with Crippen molar-refractivity contribution in [1.29, 1.82) is 0 Å². The summed E-state index contributed by atoms with van der Waals surface area (Å²) in [4.78, 5) is 17.6. The van der Waals surface area contributed by atoms with Crippen molar-refractivity contribution in [2.75, 3.05) is 33.5 Å². The molecule has 2 aromatic rings. The van der Waals surface area contributed by atoms with Crippen LogP contribution in [0.5, 0.6) is 11.5 Å². The Bertz CT molecular complexity index is 940. The zero-order chi connectivity index (χ0) is 20.0. The number of ether oxygens (including phenoxy) is 2. The van der Waals surface area contributed by atoms with Gasteiger partial charge < -0.3 is 19.3 Å². The van der Waals surface area contributed by atoms with Gasteiger partial charge in [0.1, 0.15) is 0 Å². The number of rotatable bonds is 3. The van der Waals surface area contributed by atoms with Crippen molar-refractivity contribution in [3.8, 4) is 11.5 Å². The van der Waals surface area contributed by atoms with Crippen molar-refractivity contribution < 1.29 is 14.3 Å². The second-order valence-electron chi connectivity index (χ2n) is 9.02. The maximum absolute atomic E-state index is 13.3. The summed E-state index contributed by atoms with van der Waals surface area (Å²) < 4.78 is 11.0. The fraction of sp³-hybridized carbons (Fsp3) is 0.545. The number of H-pyrrole nitrogens is 1. The Kier molecular flexibility index (Phi) is 4.50. The standard InChI is InChI=1S/C22H28N4O3/c1-22(11-15-4-5-18-19(10-15)29-14-28-18)7-3-8-26(13-22)21(27)20-16-12-25(2)9-6-17(16)23-24-20/h4-5,10H,3,6-9,11-14H2,1-2H3,(H,23,24). The van der Waals surface area contributed by atoms with Gasteiger partial charge in [-0.3, -0.25) is 9.89 Å². The number of aromatic nitrogens is 2. The minimum atomic E-state index is 0.0365. The van der Waals surface area contributed by atoms with E-state index in [0.29, 0.717) is 12.5 Å². The molecule has 29 heavy (non-hydrogen) atoms. The molecule has 7 nitrogen and oxygen atoms in total. The third-order valence-electron chi connectivity index (χ3n) is 6.46. The topological polar surface area (TPSA) is 70.7 Å². The van der Waals surface area contributed by atoms with E-state index in [1.165, 1.54) is 5.56 Å². The fourth-order valence-corrected chi connectivity index (χ4v) is 4.93. The van der Waals surface area contributed by atoms with Gasteiger partial charge in [0, 0.05) is 43.9 Å². The van der Waals surface area contributed by atoms with Crippen molar-refractivity contribution in [2.45, 2.75) is 39.2 Å². The fourth-order valence-electron chi connectivity index (χ4n) is 4.93. The Morgan fingerprint density at radius 2 is 2.14 bits per heavy atom. The summed E-state index contributed by atoms with van der Waals surface area (Å²) in [6.07, 6.45) is 3.95. The quantitative estimate of drug-likeness (QED) is 0.864. The highest BCUT2D eigenvalue weighted by Crippen LogP contribution is 2.38. The third kappa shape index (κ3) is 3.48. The van der Waals surface area contributed by atoms with Crippen LogP contribution in [0.2, 0.25) is 0 Å². The predicted molar refractivity (Wildman–Crippen MR) is 108 cm³/mol. The molecule has 1 amide bonds. The van der Waals surface area contributed by atoms with E-state index in [1.54, 1.807) is 0 Å². The van der Waals surface area contributed by atoms with Crippen LogP contribution in [-0.4, -0.2) is 59.4 Å². The van der Waals surface area contributed by atoms with Crippen LogP contribution in [0.4, 0.5) is 0 Å². The molecule has 7 heteroatoms. The lowest BCUT2D eigenvalue weighted by molar-refractivity contribution is 0.0543. The van der Waals surface area contributed by atoms with Crippen LogP contribution in [0, 0.1) is 5.41 Å². The monoisotopic (exact) mass is 396 g/mol. The maximum atomic E-state index is 13.3. The molecule has 1 aromatic heterocycles. The number of hydrogen-bond acceptors (Lipinski definition) is 5. The third-order valence-corrected chi connectivity index (χ3v) is 6.46. The van der Waals surface area contributed by atoms with Crippen LogP contribution in [0.1, 0.15) is 47.1 Å². The van der Waals surface area contributed by atoms with Gasteiger partial charge in [0.05, 0.1) is 0 Å². The molecule has 0 saturated carbocycles. The molecular formula is C22H28N4O3. The van der Waals surface area contributed by atoms with Crippen molar-refractivity contribution in [2.24, 2.45) is 5.41 Å². The highest BCUT2D eigenvalue weighted by molar-refractivity contribution is 5.94. The Morgan fingerprint density at radius 1 is 1.28 bits per heavy atom. The van der Waals surface area contributed by atoms with Gasteiger partial charge in [0.25, 0.3) is 5.91 Å². The second-order valence-corrected chi connectivity index (χ2v) is 9.02. The van der Waals surface area contributed by atoms with Gasteiger partial charge in [-0.15, -0.1) is 0 Å². The smallest absolute Gasteiger partial charge is 0.274 e. The minimum Gasteiger partial charge on any atom is -0.454 e. The van der Waals surface area contributed by atoms with Gasteiger partial charge in [-0.1, -0.05) is 13.0 Å². The average Bonchev–Trinajstić information content (AvgIpc) is 3.33. The van der Waals surface area contributed by atoms with E-state index in [0.717, 1.165) is 74.6 Å². The lowest BCUT2D eigenvalue weighted by Crippen LogP contribution is -2.46. The molecular weight excluding hydrogens is 368 g/mol. The SMILES string of the molecule is CN1CCc2[nH]nc(C(=O)N3CCCC(C)(Cc4ccc5c(c4)OCO5)C3)c2C1. The zero-order valence-corrected chi connectivity index (χ0v) is 17.2. The first-order valence-corrected chi connectivity index (χ1v) is 10.4. The largest absolute Gasteiger partial charge is 0.454 e. The van der Waals surface area contributed by atoms with E-state index >= 15 is 0 Å². The Balaban J connectivity index is 1.32. The molecule has 3 aliphatic rings. The molecule has 0 radical (unpaired) electrons. The molecule has 1 saturated heterocycles. The molecule has 0 bridgehead atoms. The van der Waals surface area contributed by atoms with Crippen LogP contribution in [-0.2, 0) is 19.4 Å². The molecule has 0 spiro atoms.